The van der Waals surface area contributed by atoms with Gasteiger partial charge in [-0.3, -0.25) is 0 Å². The number of rotatable bonds is 8. The largest absolute Gasteiger partial charge is 0.466 e. The molecule has 0 radical (unpaired) electrons. The van der Waals surface area contributed by atoms with Crippen molar-refractivity contribution < 1.29 is 14.3 Å². The monoisotopic (exact) mass is 320 g/mol. The van der Waals surface area contributed by atoms with Crippen LogP contribution in [0.2, 0.25) is 0 Å². The van der Waals surface area contributed by atoms with Crippen LogP contribution in [0.1, 0.15) is 31.4 Å². The van der Waals surface area contributed by atoms with Gasteiger partial charge >= 0.3 is 6.03 Å². The zero-order chi connectivity index (χ0) is 16.7. The summed E-state index contributed by atoms with van der Waals surface area (Å²) in [5.41, 5.74) is -1.22. The minimum Gasteiger partial charge on any atom is -0.466 e. The first-order valence-corrected chi connectivity index (χ1v) is 7.75. The topological polar surface area (TPSA) is 92.3 Å². The molecule has 0 aliphatic heterocycles. The summed E-state index contributed by atoms with van der Waals surface area (Å²) in [4.78, 5) is 15.9. The second-order valence-corrected chi connectivity index (χ2v) is 5.74. The molecule has 2 aromatic heterocycles. The van der Waals surface area contributed by atoms with Gasteiger partial charge in [0.2, 0.25) is 0 Å². The Bertz CT molecular complexity index is 605. The van der Waals surface area contributed by atoms with E-state index in [2.05, 4.69) is 20.2 Å². The van der Waals surface area contributed by atoms with Gasteiger partial charge in [0, 0.05) is 25.5 Å². The van der Waals surface area contributed by atoms with Crippen molar-refractivity contribution in [2.24, 2.45) is 0 Å². The third kappa shape index (κ3) is 5.14. The van der Waals surface area contributed by atoms with Gasteiger partial charge in [0.25, 0.3) is 0 Å². The fraction of sp³-hybridized carbons (Fsp3) is 0.500. The number of amides is 2. The lowest BCUT2D eigenvalue weighted by molar-refractivity contribution is 0.0367. The fourth-order valence-electron chi connectivity index (χ4n) is 2.24. The second-order valence-electron chi connectivity index (χ2n) is 5.74. The van der Waals surface area contributed by atoms with Crippen LogP contribution in [0, 0.1) is 6.92 Å². The highest BCUT2D eigenvalue weighted by Crippen LogP contribution is 2.19. The van der Waals surface area contributed by atoms with E-state index in [0.29, 0.717) is 12.3 Å². The van der Waals surface area contributed by atoms with Crippen molar-refractivity contribution in [2.45, 2.75) is 38.8 Å². The molecule has 0 aliphatic carbocycles. The molecule has 2 heterocycles. The Hall–Kier alpha value is -2.28. The maximum atomic E-state index is 11.7. The van der Waals surface area contributed by atoms with E-state index in [-0.39, 0.29) is 12.6 Å². The number of aliphatic hydroxyl groups is 1. The van der Waals surface area contributed by atoms with Crippen molar-refractivity contribution in [1.82, 2.24) is 20.2 Å². The predicted molar refractivity (Wildman–Crippen MR) is 85.9 cm³/mol. The van der Waals surface area contributed by atoms with Crippen LogP contribution in [0.3, 0.4) is 0 Å². The third-order valence-corrected chi connectivity index (χ3v) is 3.68. The number of aromatic nitrogens is 2. The van der Waals surface area contributed by atoms with E-state index in [1.165, 1.54) is 6.26 Å². The first-order valence-electron chi connectivity index (χ1n) is 7.75. The van der Waals surface area contributed by atoms with Crippen molar-refractivity contribution >= 4 is 6.03 Å². The summed E-state index contributed by atoms with van der Waals surface area (Å²) in [6.45, 7) is 5.13. The highest BCUT2D eigenvalue weighted by atomic mass is 16.4. The SMILES string of the molecule is Cc1nccn1CCCCNC(=O)NCC(C)(O)c1ccco1. The van der Waals surface area contributed by atoms with Crippen molar-refractivity contribution in [3.63, 3.8) is 0 Å². The first kappa shape index (κ1) is 17.1. The van der Waals surface area contributed by atoms with Gasteiger partial charge in [-0.15, -0.1) is 0 Å². The van der Waals surface area contributed by atoms with E-state index in [1.54, 1.807) is 25.3 Å². The number of nitrogens with zero attached hydrogens (tertiary/aromatic N) is 2. The van der Waals surface area contributed by atoms with E-state index < -0.39 is 5.60 Å². The Kier molecular flexibility index (Phi) is 5.81. The number of hydrogen-bond acceptors (Lipinski definition) is 4. The van der Waals surface area contributed by atoms with Crippen LogP contribution in [0.25, 0.3) is 0 Å². The number of furan rings is 1. The van der Waals surface area contributed by atoms with Gasteiger partial charge in [0.15, 0.2) is 0 Å². The number of unbranched alkanes of at least 4 members (excludes halogenated alkanes) is 1. The average Bonchev–Trinajstić information content (AvgIpc) is 3.17. The Morgan fingerprint density at radius 1 is 1.43 bits per heavy atom. The molecule has 0 aliphatic rings. The standard InChI is InChI=1S/C16H24N4O3/c1-13-17-8-10-20(13)9-4-3-7-18-15(21)19-12-16(2,22)14-6-5-11-23-14/h5-6,8,10-11,22H,3-4,7,9,12H2,1-2H3,(H2,18,19,21). The highest BCUT2D eigenvalue weighted by molar-refractivity contribution is 5.73. The molecule has 0 saturated heterocycles. The minimum absolute atomic E-state index is 0.0839. The summed E-state index contributed by atoms with van der Waals surface area (Å²) in [6, 6.07) is 3.08. The molecule has 7 heteroatoms. The molecule has 2 amide bonds. The molecule has 7 nitrogen and oxygen atoms in total. The zero-order valence-corrected chi connectivity index (χ0v) is 13.6. The average molecular weight is 320 g/mol. The molecule has 1 atom stereocenters. The van der Waals surface area contributed by atoms with Crippen LogP contribution >= 0.6 is 0 Å². The number of carbonyl (C=O) groups is 1. The van der Waals surface area contributed by atoms with Crippen molar-refractivity contribution in [2.75, 3.05) is 13.1 Å². The predicted octanol–water partition coefficient (Wildman–Crippen LogP) is 1.77. The van der Waals surface area contributed by atoms with Gasteiger partial charge in [-0.25, -0.2) is 9.78 Å². The summed E-state index contributed by atoms with van der Waals surface area (Å²) in [7, 11) is 0. The molecule has 0 aromatic carbocycles. The zero-order valence-electron chi connectivity index (χ0n) is 13.6. The van der Waals surface area contributed by atoms with E-state index in [9.17, 15) is 9.90 Å². The molecule has 2 rings (SSSR count). The Balaban J connectivity index is 1.59. The van der Waals surface area contributed by atoms with Gasteiger partial charge in [0.05, 0.1) is 12.8 Å². The van der Waals surface area contributed by atoms with Gasteiger partial charge in [0.1, 0.15) is 17.2 Å². The minimum atomic E-state index is -1.22. The lowest BCUT2D eigenvalue weighted by Crippen LogP contribution is -2.43. The van der Waals surface area contributed by atoms with Crippen molar-refractivity contribution in [3.05, 3.63) is 42.4 Å². The molecule has 0 bridgehead atoms. The van der Waals surface area contributed by atoms with E-state index in [0.717, 1.165) is 25.2 Å². The maximum absolute atomic E-state index is 11.7. The number of aryl methyl sites for hydroxylation is 2. The summed E-state index contributed by atoms with van der Waals surface area (Å²) in [5, 5.41) is 15.6. The lowest BCUT2D eigenvalue weighted by Gasteiger charge is -2.21. The van der Waals surface area contributed by atoms with Crippen LogP contribution < -0.4 is 10.6 Å². The van der Waals surface area contributed by atoms with Crippen LogP contribution in [0.5, 0.6) is 0 Å². The summed E-state index contributed by atoms with van der Waals surface area (Å²) in [6.07, 6.45) is 7.06. The normalized spacial score (nSPS) is 13.5. The summed E-state index contributed by atoms with van der Waals surface area (Å²) < 4.78 is 7.24. The summed E-state index contributed by atoms with van der Waals surface area (Å²) in [5.74, 6) is 1.42. The molecule has 126 valence electrons. The molecule has 23 heavy (non-hydrogen) atoms. The lowest BCUT2D eigenvalue weighted by atomic mass is 10.0. The number of hydrogen-bond donors (Lipinski definition) is 3. The number of imidazole rings is 1. The van der Waals surface area contributed by atoms with Gasteiger partial charge in [-0.2, -0.15) is 0 Å². The number of urea groups is 1. The van der Waals surface area contributed by atoms with Crippen LogP contribution in [-0.4, -0.2) is 33.8 Å². The van der Waals surface area contributed by atoms with Crippen LogP contribution in [0.4, 0.5) is 4.79 Å². The molecule has 2 aromatic rings. The van der Waals surface area contributed by atoms with Crippen molar-refractivity contribution in [3.8, 4) is 0 Å². The molecule has 1 unspecified atom stereocenters. The molecular weight excluding hydrogens is 296 g/mol. The number of carbonyl (C=O) groups excluding carboxylic acids is 1. The highest BCUT2D eigenvalue weighted by Gasteiger charge is 2.26. The molecule has 0 spiro atoms. The quantitative estimate of drug-likeness (QED) is 0.646. The van der Waals surface area contributed by atoms with E-state index in [1.807, 2.05) is 13.1 Å². The van der Waals surface area contributed by atoms with E-state index in [4.69, 9.17) is 4.42 Å². The van der Waals surface area contributed by atoms with Crippen LogP contribution in [0.15, 0.2) is 35.2 Å². The van der Waals surface area contributed by atoms with Gasteiger partial charge in [-0.1, -0.05) is 0 Å². The molecule has 3 N–H and O–H groups in total. The van der Waals surface area contributed by atoms with E-state index >= 15 is 0 Å². The summed E-state index contributed by atoms with van der Waals surface area (Å²) >= 11 is 0. The maximum Gasteiger partial charge on any atom is 0.314 e. The van der Waals surface area contributed by atoms with Gasteiger partial charge < -0.3 is 24.7 Å². The Labute approximate surface area is 135 Å². The fourth-order valence-corrected chi connectivity index (χ4v) is 2.24. The smallest absolute Gasteiger partial charge is 0.314 e. The van der Waals surface area contributed by atoms with Crippen molar-refractivity contribution in [1.29, 1.82) is 0 Å². The third-order valence-electron chi connectivity index (χ3n) is 3.68. The molecule has 0 saturated carbocycles. The second kappa shape index (κ2) is 7.82. The van der Waals surface area contributed by atoms with Crippen LogP contribution in [-0.2, 0) is 12.1 Å². The number of nitrogens with one attached hydrogen (secondary N) is 2. The molecular formula is C16H24N4O3. The molecule has 0 fully saturated rings. The Morgan fingerprint density at radius 3 is 2.91 bits per heavy atom. The van der Waals surface area contributed by atoms with Gasteiger partial charge in [-0.05, 0) is 38.8 Å². The first-order chi connectivity index (χ1) is 11.0. The Morgan fingerprint density at radius 2 is 2.26 bits per heavy atom.